The Labute approximate surface area is 112 Å². The molecule has 1 aromatic rings. The molecule has 0 saturated carbocycles. The van der Waals surface area contributed by atoms with E-state index < -0.39 is 0 Å². The molecule has 0 bridgehead atoms. The first-order chi connectivity index (χ1) is 8.40. The van der Waals surface area contributed by atoms with Crippen LogP contribution < -0.4 is 5.32 Å². The average molecular weight is 249 g/mol. The Bertz CT molecular complexity index is 355. The van der Waals surface area contributed by atoms with Gasteiger partial charge in [-0.2, -0.15) is 0 Å². The highest BCUT2D eigenvalue weighted by atomic mass is 15.1. The Morgan fingerprint density at radius 2 is 2.00 bits per heavy atom. The molecule has 0 aliphatic heterocycles. The Kier molecular flexibility index (Phi) is 5.60. The highest BCUT2D eigenvalue weighted by Crippen LogP contribution is 2.15. The van der Waals surface area contributed by atoms with E-state index in [9.17, 15) is 0 Å². The fraction of sp³-hybridized carbons (Fsp3) is 0.667. The van der Waals surface area contributed by atoms with E-state index in [0.717, 1.165) is 37.6 Å². The largest absolute Gasteiger partial charge is 0.370 e. The van der Waals surface area contributed by atoms with Crippen molar-refractivity contribution in [2.24, 2.45) is 5.41 Å². The van der Waals surface area contributed by atoms with Crippen LogP contribution in [0, 0.1) is 5.41 Å². The van der Waals surface area contributed by atoms with Gasteiger partial charge in [-0.05, 0) is 31.0 Å². The van der Waals surface area contributed by atoms with E-state index in [1.807, 2.05) is 6.07 Å². The maximum absolute atomic E-state index is 4.63. The third-order valence-corrected chi connectivity index (χ3v) is 2.54. The van der Waals surface area contributed by atoms with Gasteiger partial charge in [0.1, 0.15) is 5.82 Å². The molecule has 0 atom stereocenters. The molecular weight excluding hydrogens is 222 g/mol. The van der Waals surface area contributed by atoms with E-state index in [4.69, 9.17) is 0 Å². The molecule has 102 valence electrons. The normalized spacial score (nSPS) is 11.9. The van der Waals surface area contributed by atoms with Crippen molar-refractivity contribution in [3.05, 3.63) is 23.9 Å². The summed E-state index contributed by atoms with van der Waals surface area (Å²) in [5.41, 5.74) is 1.45. The Balaban J connectivity index is 2.56. The molecule has 0 amide bonds. The van der Waals surface area contributed by atoms with Gasteiger partial charge in [0.25, 0.3) is 0 Å². The molecule has 1 aromatic heterocycles. The number of nitrogens with one attached hydrogen (secondary N) is 1. The minimum Gasteiger partial charge on any atom is -0.370 e. The molecule has 1 rings (SSSR count). The van der Waals surface area contributed by atoms with Gasteiger partial charge in [-0.3, -0.25) is 0 Å². The van der Waals surface area contributed by atoms with E-state index in [2.05, 4.69) is 62.1 Å². The summed E-state index contributed by atoms with van der Waals surface area (Å²) < 4.78 is 0. The zero-order valence-electron chi connectivity index (χ0n) is 12.5. The van der Waals surface area contributed by atoms with Gasteiger partial charge < -0.3 is 10.2 Å². The lowest BCUT2D eigenvalue weighted by Gasteiger charge is -2.26. The smallest absolute Gasteiger partial charge is 0.126 e. The first kappa shape index (κ1) is 15.0. The van der Waals surface area contributed by atoms with Gasteiger partial charge in [-0.1, -0.05) is 33.8 Å². The molecule has 0 radical (unpaired) electrons. The second kappa shape index (κ2) is 6.74. The number of aromatic nitrogens is 1. The van der Waals surface area contributed by atoms with Gasteiger partial charge in [0.2, 0.25) is 0 Å². The van der Waals surface area contributed by atoms with E-state index in [-0.39, 0.29) is 0 Å². The summed E-state index contributed by atoms with van der Waals surface area (Å²) in [5, 5.41) is 3.33. The van der Waals surface area contributed by atoms with Crippen molar-refractivity contribution in [1.29, 1.82) is 0 Å². The van der Waals surface area contributed by atoms with Crippen molar-refractivity contribution in [3.8, 4) is 0 Å². The van der Waals surface area contributed by atoms with Crippen LogP contribution in [-0.4, -0.2) is 30.0 Å². The van der Waals surface area contributed by atoms with Crippen LogP contribution in [0.1, 0.15) is 39.8 Å². The molecule has 0 aliphatic carbocycles. The molecule has 0 unspecified atom stereocenters. The van der Waals surface area contributed by atoms with Crippen molar-refractivity contribution >= 4 is 5.82 Å². The molecule has 0 saturated heterocycles. The van der Waals surface area contributed by atoms with E-state index in [1.165, 1.54) is 0 Å². The fourth-order valence-corrected chi connectivity index (χ4v) is 2.06. The van der Waals surface area contributed by atoms with E-state index >= 15 is 0 Å². The van der Waals surface area contributed by atoms with Gasteiger partial charge in [0, 0.05) is 19.6 Å². The highest BCUT2D eigenvalue weighted by Gasteiger charge is 2.13. The van der Waals surface area contributed by atoms with Crippen molar-refractivity contribution < 1.29 is 0 Å². The zero-order chi connectivity index (χ0) is 13.6. The Hall–Kier alpha value is -1.09. The summed E-state index contributed by atoms with van der Waals surface area (Å²) in [6.45, 7) is 11.9. The van der Waals surface area contributed by atoms with Crippen LogP contribution in [0.25, 0.3) is 0 Å². The summed E-state index contributed by atoms with van der Waals surface area (Å²) in [5.74, 6) is 0.985. The maximum atomic E-state index is 4.63. The summed E-state index contributed by atoms with van der Waals surface area (Å²) in [7, 11) is 2.15. The van der Waals surface area contributed by atoms with E-state index in [1.54, 1.807) is 0 Å². The SMILES string of the molecule is CCCNc1cccc(CN(C)CC(C)(C)C)n1. The van der Waals surface area contributed by atoms with Crippen molar-refractivity contribution in [1.82, 2.24) is 9.88 Å². The lowest BCUT2D eigenvalue weighted by Crippen LogP contribution is -2.29. The minimum atomic E-state index is 0.326. The number of nitrogens with zero attached hydrogens (tertiary/aromatic N) is 2. The Morgan fingerprint density at radius 1 is 1.28 bits per heavy atom. The predicted molar refractivity (Wildman–Crippen MR) is 78.8 cm³/mol. The molecule has 0 aliphatic rings. The predicted octanol–water partition coefficient (Wildman–Crippen LogP) is 3.38. The Morgan fingerprint density at radius 3 is 2.61 bits per heavy atom. The number of hydrogen-bond donors (Lipinski definition) is 1. The first-order valence-corrected chi connectivity index (χ1v) is 6.79. The number of rotatable bonds is 6. The van der Waals surface area contributed by atoms with Crippen LogP contribution >= 0.6 is 0 Å². The molecule has 18 heavy (non-hydrogen) atoms. The topological polar surface area (TPSA) is 28.2 Å². The molecule has 3 heteroatoms. The van der Waals surface area contributed by atoms with Crippen molar-refractivity contribution in [3.63, 3.8) is 0 Å². The van der Waals surface area contributed by atoms with Crippen LogP contribution in [0.15, 0.2) is 18.2 Å². The van der Waals surface area contributed by atoms with E-state index in [0.29, 0.717) is 5.41 Å². The second-order valence-electron chi connectivity index (χ2n) is 6.17. The van der Waals surface area contributed by atoms with Crippen LogP contribution in [0.4, 0.5) is 5.82 Å². The highest BCUT2D eigenvalue weighted by molar-refractivity contribution is 5.35. The monoisotopic (exact) mass is 249 g/mol. The average Bonchev–Trinajstić information content (AvgIpc) is 2.24. The molecule has 1 N–H and O–H groups in total. The van der Waals surface area contributed by atoms with Gasteiger partial charge in [-0.15, -0.1) is 0 Å². The number of pyridine rings is 1. The molecule has 0 aromatic carbocycles. The second-order valence-corrected chi connectivity index (χ2v) is 6.17. The number of hydrogen-bond acceptors (Lipinski definition) is 3. The van der Waals surface area contributed by atoms with Gasteiger partial charge >= 0.3 is 0 Å². The van der Waals surface area contributed by atoms with Gasteiger partial charge in [0.15, 0.2) is 0 Å². The third-order valence-electron chi connectivity index (χ3n) is 2.54. The van der Waals surface area contributed by atoms with Crippen LogP contribution in [-0.2, 0) is 6.54 Å². The molecule has 3 nitrogen and oxygen atoms in total. The standard InChI is InChI=1S/C15H27N3/c1-6-10-16-14-9-7-8-13(17-14)11-18(5)12-15(2,3)4/h7-9H,6,10-12H2,1-5H3,(H,16,17). The summed E-state index contributed by atoms with van der Waals surface area (Å²) in [4.78, 5) is 6.95. The fourth-order valence-electron chi connectivity index (χ4n) is 2.06. The first-order valence-electron chi connectivity index (χ1n) is 6.79. The maximum Gasteiger partial charge on any atom is 0.126 e. The van der Waals surface area contributed by atoms with Crippen LogP contribution in [0.3, 0.4) is 0 Å². The van der Waals surface area contributed by atoms with Crippen molar-refractivity contribution in [2.45, 2.75) is 40.7 Å². The van der Waals surface area contributed by atoms with Gasteiger partial charge in [-0.25, -0.2) is 4.98 Å². The zero-order valence-corrected chi connectivity index (χ0v) is 12.5. The van der Waals surface area contributed by atoms with Crippen LogP contribution in [0.2, 0.25) is 0 Å². The van der Waals surface area contributed by atoms with Gasteiger partial charge in [0.05, 0.1) is 5.69 Å². The lowest BCUT2D eigenvalue weighted by atomic mass is 9.96. The molecule has 1 heterocycles. The summed E-state index contributed by atoms with van der Waals surface area (Å²) in [6.07, 6.45) is 1.12. The molecule has 0 fully saturated rings. The summed E-state index contributed by atoms with van der Waals surface area (Å²) >= 11 is 0. The quantitative estimate of drug-likeness (QED) is 0.837. The molecule has 0 spiro atoms. The lowest BCUT2D eigenvalue weighted by molar-refractivity contribution is 0.219. The van der Waals surface area contributed by atoms with Crippen LogP contribution in [0.5, 0.6) is 0 Å². The summed E-state index contributed by atoms with van der Waals surface area (Å²) in [6, 6.07) is 6.20. The molecular formula is C15H27N3. The van der Waals surface area contributed by atoms with Crippen molar-refractivity contribution in [2.75, 3.05) is 25.5 Å². The third kappa shape index (κ3) is 6.01. The minimum absolute atomic E-state index is 0.326. The number of anilines is 1.